The van der Waals surface area contributed by atoms with Crippen molar-refractivity contribution >= 4 is 5.91 Å². The first-order valence-electron chi connectivity index (χ1n) is 11.1. The second-order valence-corrected chi connectivity index (χ2v) is 8.72. The van der Waals surface area contributed by atoms with E-state index in [0.717, 1.165) is 65.2 Å². The van der Waals surface area contributed by atoms with Gasteiger partial charge in [0.15, 0.2) is 0 Å². The van der Waals surface area contributed by atoms with Gasteiger partial charge < -0.3 is 10.2 Å². The van der Waals surface area contributed by atoms with Crippen LogP contribution in [0.1, 0.15) is 50.7 Å². The van der Waals surface area contributed by atoms with E-state index in [2.05, 4.69) is 65.1 Å². The van der Waals surface area contributed by atoms with Crippen LogP contribution in [-0.2, 0) is 11.3 Å². The van der Waals surface area contributed by atoms with Crippen LogP contribution >= 0.6 is 0 Å². The molecule has 0 aliphatic carbocycles. The number of piperidine rings is 1. The molecule has 2 aliphatic heterocycles. The molecule has 0 aromatic heterocycles. The summed E-state index contributed by atoms with van der Waals surface area (Å²) < 4.78 is 0. The zero-order chi connectivity index (χ0) is 19.9. The molecule has 1 N–H and O–H groups in total. The minimum atomic E-state index is 0.202. The molecule has 0 spiro atoms. The lowest BCUT2D eigenvalue weighted by atomic mass is 10.0. The number of amides is 1. The monoisotopic (exact) mass is 386 g/mol. The second-order valence-electron chi connectivity index (χ2n) is 8.72. The van der Waals surface area contributed by atoms with Crippen molar-refractivity contribution in [1.29, 1.82) is 0 Å². The first-order chi connectivity index (χ1) is 13.5. The fourth-order valence-electron chi connectivity index (χ4n) is 4.24. The predicted molar refractivity (Wildman–Crippen MR) is 116 cm³/mol. The third kappa shape index (κ3) is 6.29. The Morgan fingerprint density at radius 3 is 2.14 bits per heavy atom. The first-order valence-corrected chi connectivity index (χ1v) is 11.1. The van der Waals surface area contributed by atoms with E-state index in [1.54, 1.807) is 0 Å². The number of nitrogens with one attached hydrogen (secondary N) is 1. The van der Waals surface area contributed by atoms with Gasteiger partial charge in [-0.25, -0.2) is 0 Å². The number of carbonyl (C=O) groups excluding carboxylic acids is 1. The summed E-state index contributed by atoms with van der Waals surface area (Å²) in [4.78, 5) is 19.7. The van der Waals surface area contributed by atoms with Gasteiger partial charge >= 0.3 is 0 Å². The molecule has 1 amide bonds. The second kappa shape index (κ2) is 10.4. The molecule has 5 nitrogen and oxygen atoms in total. The Labute approximate surface area is 171 Å². The van der Waals surface area contributed by atoms with Gasteiger partial charge in [0.05, 0.1) is 6.54 Å². The molecule has 2 heterocycles. The average molecular weight is 387 g/mol. The zero-order valence-electron chi connectivity index (χ0n) is 18.0. The standard InChI is InChI=1S/C23H38N4O/c1-4-25-11-9-22(10-12-25)24-23(28)18-27-15-13-26(14-16-27)17-20-5-7-21(8-6-20)19(2)3/h5-8,19,22H,4,9-18H2,1-3H3,(H,24,28). The van der Waals surface area contributed by atoms with Crippen molar-refractivity contribution in [3.63, 3.8) is 0 Å². The first kappa shape index (κ1) is 21.3. The Hall–Kier alpha value is -1.43. The lowest BCUT2D eigenvalue weighted by Gasteiger charge is -2.35. The van der Waals surface area contributed by atoms with Crippen molar-refractivity contribution in [1.82, 2.24) is 20.0 Å². The smallest absolute Gasteiger partial charge is 0.234 e. The van der Waals surface area contributed by atoms with Gasteiger partial charge in [0, 0.05) is 51.9 Å². The minimum Gasteiger partial charge on any atom is -0.352 e. The van der Waals surface area contributed by atoms with Crippen LogP contribution in [0.5, 0.6) is 0 Å². The summed E-state index contributed by atoms with van der Waals surface area (Å²) in [6.45, 7) is 15.6. The largest absolute Gasteiger partial charge is 0.352 e. The molecule has 3 rings (SSSR count). The molecule has 0 radical (unpaired) electrons. The Kier molecular flexibility index (Phi) is 7.89. The summed E-state index contributed by atoms with van der Waals surface area (Å²) in [7, 11) is 0. The molecule has 0 atom stereocenters. The Balaban J connectivity index is 1.35. The fraction of sp³-hybridized carbons (Fsp3) is 0.696. The number of piperazine rings is 1. The van der Waals surface area contributed by atoms with Crippen LogP contribution in [0.2, 0.25) is 0 Å². The van der Waals surface area contributed by atoms with Crippen molar-refractivity contribution in [2.75, 3.05) is 52.4 Å². The number of rotatable bonds is 7. The summed E-state index contributed by atoms with van der Waals surface area (Å²) in [6, 6.07) is 9.40. The topological polar surface area (TPSA) is 38.8 Å². The Morgan fingerprint density at radius 2 is 1.57 bits per heavy atom. The Morgan fingerprint density at radius 1 is 0.964 bits per heavy atom. The normalized spacial score (nSPS) is 20.6. The van der Waals surface area contributed by atoms with Gasteiger partial charge in [-0.15, -0.1) is 0 Å². The van der Waals surface area contributed by atoms with Gasteiger partial charge in [-0.1, -0.05) is 45.0 Å². The third-order valence-corrected chi connectivity index (χ3v) is 6.28. The van der Waals surface area contributed by atoms with Crippen LogP contribution in [0.3, 0.4) is 0 Å². The van der Waals surface area contributed by atoms with Gasteiger partial charge in [-0.2, -0.15) is 0 Å². The highest BCUT2D eigenvalue weighted by atomic mass is 16.2. The highest BCUT2D eigenvalue weighted by molar-refractivity contribution is 5.78. The molecule has 0 unspecified atom stereocenters. The number of nitrogens with zero attached hydrogens (tertiary/aromatic N) is 3. The summed E-state index contributed by atoms with van der Waals surface area (Å²) in [5, 5.41) is 3.26. The molecule has 1 aromatic rings. The molecule has 1 aromatic carbocycles. The van der Waals surface area contributed by atoms with E-state index in [0.29, 0.717) is 18.5 Å². The summed E-state index contributed by atoms with van der Waals surface area (Å²) in [5.41, 5.74) is 2.79. The van der Waals surface area contributed by atoms with Crippen LogP contribution in [-0.4, -0.2) is 79.0 Å². The zero-order valence-corrected chi connectivity index (χ0v) is 18.0. The van der Waals surface area contributed by atoms with Crippen molar-refractivity contribution in [2.45, 2.75) is 52.1 Å². The molecular weight excluding hydrogens is 348 g/mol. The summed E-state index contributed by atoms with van der Waals surface area (Å²) >= 11 is 0. The van der Waals surface area contributed by atoms with Crippen LogP contribution < -0.4 is 5.32 Å². The molecule has 0 bridgehead atoms. The van der Waals surface area contributed by atoms with Crippen molar-refractivity contribution in [3.05, 3.63) is 35.4 Å². The number of carbonyl (C=O) groups is 1. The van der Waals surface area contributed by atoms with Crippen LogP contribution in [0.25, 0.3) is 0 Å². The lowest BCUT2D eigenvalue weighted by molar-refractivity contribution is -0.123. The van der Waals surface area contributed by atoms with Gasteiger partial charge in [0.25, 0.3) is 0 Å². The Bertz CT molecular complexity index is 600. The van der Waals surface area contributed by atoms with Gasteiger partial charge in [0.1, 0.15) is 0 Å². The molecule has 2 saturated heterocycles. The quantitative estimate of drug-likeness (QED) is 0.782. The maximum Gasteiger partial charge on any atom is 0.234 e. The van der Waals surface area contributed by atoms with E-state index >= 15 is 0 Å². The molecule has 28 heavy (non-hydrogen) atoms. The van der Waals surface area contributed by atoms with Gasteiger partial charge in [0.2, 0.25) is 5.91 Å². The molecule has 156 valence electrons. The minimum absolute atomic E-state index is 0.202. The molecule has 0 saturated carbocycles. The van der Waals surface area contributed by atoms with E-state index in [4.69, 9.17) is 0 Å². The number of likely N-dealkylation sites (tertiary alicyclic amines) is 1. The maximum atomic E-state index is 12.4. The number of hydrogen-bond acceptors (Lipinski definition) is 4. The van der Waals surface area contributed by atoms with E-state index < -0.39 is 0 Å². The third-order valence-electron chi connectivity index (χ3n) is 6.28. The SMILES string of the molecule is CCN1CCC(NC(=O)CN2CCN(Cc3ccc(C(C)C)cc3)CC2)CC1. The molecular formula is C23H38N4O. The average Bonchev–Trinajstić information content (AvgIpc) is 2.70. The summed E-state index contributed by atoms with van der Waals surface area (Å²) in [5.74, 6) is 0.788. The molecule has 2 fully saturated rings. The highest BCUT2D eigenvalue weighted by Crippen LogP contribution is 2.16. The van der Waals surface area contributed by atoms with Gasteiger partial charge in [-0.05, 0) is 36.4 Å². The van der Waals surface area contributed by atoms with E-state index in [-0.39, 0.29) is 5.91 Å². The maximum absolute atomic E-state index is 12.4. The van der Waals surface area contributed by atoms with E-state index in [1.807, 2.05) is 0 Å². The van der Waals surface area contributed by atoms with Crippen LogP contribution in [0.4, 0.5) is 0 Å². The van der Waals surface area contributed by atoms with Gasteiger partial charge in [-0.3, -0.25) is 14.6 Å². The van der Waals surface area contributed by atoms with Crippen LogP contribution in [0, 0.1) is 0 Å². The lowest BCUT2D eigenvalue weighted by Crippen LogP contribution is -2.51. The van der Waals surface area contributed by atoms with Crippen molar-refractivity contribution in [2.24, 2.45) is 0 Å². The van der Waals surface area contributed by atoms with Crippen molar-refractivity contribution < 1.29 is 4.79 Å². The van der Waals surface area contributed by atoms with Crippen LogP contribution in [0.15, 0.2) is 24.3 Å². The van der Waals surface area contributed by atoms with E-state index in [1.165, 1.54) is 11.1 Å². The highest BCUT2D eigenvalue weighted by Gasteiger charge is 2.22. The number of benzene rings is 1. The number of hydrogen-bond donors (Lipinski definition) is 1. The predicted octanol–water partition coefficient (Wildman–Crippen LogP) is 2.53. The summed E-state index contributed by atoms with van der Waals surface area (Å²) in [6.07, 6.45) is 2.17. The molecule has 2 aliphatic rings. The fourth-order valence-corrected chi connectivity index (χ4v) is 4.24. The van der Waals surface area contributed by atoms with E-state index in [9.17, 15) is 4.79 Å². The van der Waals surface area contributed by atoms with Crippen molar-refractivity contribution in [3.8, 4) is 0 Å². The molecule has 5 heteroatoms.